The monoisotopic (exact) mass is 289 g/mol. The average molecular weight is 290 g/mol. The van der Waals surface area contributed by atoms with E-state index in [0.717, 1.165) is 12.0 Å². The molecule has 1 atom stereocenters. The standard InChI is InChI=1S/C17H19NO.ClH/c1-14(12-15-8-4-2-5-9-15)18-13-17(19)16-10-6-3-7-11-16;/h2-11,14,18H,12-13H2,1H3;1H. The molecule has 0 aliphatic carbocycles. The lowest BCUT2D eigenvalue weighted by molar-refractivity contribution is 0.0988. The maximum absolute atomic E-state index is 11.9. The third kappa shape index (κ3) is 5.16. The fourth-order valence-electron chi connectivity index (χ4n) is 2.03. The van der Waals surface area contributed by atoms with Gasteiger partial charge < -0.3 is 5.32 Å². The van der Waals surface area contributed by atoms with E-state index >= 15 is 0 Å². The van der Waals surface area contributed by atoms with Crippen molar-refractivity contribution in [2.45, 2.75) is 19.4 Å². The van der Waals surface area contributed by atoms with Crippen LogP contribution in [0.25, 0.3) is 0 Å². The molecule has 1 unspecified atom stereocenters. The number of carbonyl (C=O) groups excluding carboxylic acids is 1. The van der Waals surface area contributed by atoms with Crippen molar-refractivity contribution in [1.29, 1.82) is 0 Å². The molecule has 0 radical (unpaired) electrons. The zero-order valence-electron chi connectivity index (χ0n) is 11.6. The maximum Gasteiger partial charge on any atom is 0.176 e. The molecule has 2 nitrogen and oxygen atoms in total. The van der Waals surface area contributed by atoms with E-state index in [1.165, 1.54) is 5.56 Å². The summed E-state index contributed by atoms with van der Waals surface area (Å²) in [6.07, 6.45) is 0.933. The molecule has 0 saturated carbocycles. The molecule has 0 amide bonds. The highest BCUT2D eigenvalue weighted by Gasteiger charge is 2.08. The van der Waals surface area contributed by atoms with Crippen molar-refractivity contribution in [3.05, 3.63) is 71.8 Å². The van der Waals surface area contributed by atoms with Crippen LogP contribution in [0.5, 0.6) is 0 Å². The smallest absolute Gasteiger partial charge is 0.176 e. The zero-order chi connectivity index (χ0) is 13.5. The minimum absolute atomic E-state index is 0. The van der Waals surface area contributed by atoms with Gasteiger partial charge in [-0.1, -0.05) is 60.7 Å². The Morgan fingerprint density at radius 1 is 1.00 bits per heavy atom. The molecule has 0 fully saturated rings. The number of rotatable bonds is 6. The molecule has 0 heterocycles. The lowest BCUT2D eigenvalue weighted by atomic mass is 10.1. The molecule has 1 N–H and O–H groups in total. The normalized spacial score (nSPS) is 11.4. The first-order valence-electron chi connectivity index (χ1n) is 6.61. The van der Waals surface area contributed by atoms with E-state index in [-0.39, 0.29) is 24.2 Å². The highest BCUT2D eigenvalue weighted by atomic mass is 35.5. The van der Waals surface area contributed by atoms with Crippen molar-refractivity contribution in [3.63, 3.8) is 0 Å². The largest absolute Gasteiger partial charge is 0.307 e. The second-order valence-electron chi connectivity index (χ2n) is 4.76. The summed E-state index contributed by atoms with van der Waals surface area (Å²) in [6, 6.07) is 20.0. The van der Waals surface area contributed by atoms with Gasteiger partial charge in [0.1, 0.15) is 0 Å². The van der Waals surface area contributed by atoms with Gasteiger partial charge in [0.25, 0.3) is 0 Å². The highest BCUT2D eigenvalue weighted by molar-refractivity contribution is 5.97. The van der Waals surface area contributed by atoms with Crippen LogP contribution in [0.15, 0.2) is 60.7 Å². The van der Waals surface area contributed by atoms with Crippen LogP contribution in [0.3, 0.4) is 0 Å². The summed E-state index contributed by atoms with van der Waals surface area (Å²) in [5.41, 5.74) is 2.05. The first kappa shape index (κ1) is 16.4. The van der Waals surface area contributed by atoms with Crippen molar-refractivity contribution in [2.75, 3.05) is 6.54 Å². The fraction of sp³-hybridized carbons (Fsp3) is 0.235. The second kappa shape index (κ2) is 8.51. The number of benzene rings is 2. The summed E-state index contributed by atoms with van der Waals surface area (Å²) < 4.78 is 0. The Kier molecular flexibility index (Phi) is 6.99. The molecule has 0 bridgehead atoms. The van der Waals surface area contributed by atoms with E-state index in [4.69, 9.17) is 0 Å². The van der Waals surface area contributed by atoms with Crippen molar-refractivity contribution >= 4 is 18.2 Å². The molecule has 2 rings (SSSR count). The van der Waals surface area contributed by atoms with Crippen molar-refractivity contribution in [2.24, 2.45) is 0 Å². The van der Waals surface area contributed by atoms with Crippen LogP contribution < -0.4 is 5.32 Å². The molecule has 20 heavy (non-hydrogen) atoms. The van der Waals surface area contributed by atoms with Gasteiger partial charge in [-0.05, 0) is 18.9 Å². The maximum atomic E-state index is 11.9. The Balaban J connectivity index is 0.00000200. The third-order valence-corrected chi connectivity index (χ3v) is 3.09. The van der Waals surface area contributed by atoms with Crippen molar-refractivity contribution < 1.29 is 4.79 Å². The van der Waals surface area contributed by atoms with Gasteiger partial charge in [0.2, 0.25) is 0 Å². The SMILES string of the molecule is CC(Cc1ccccc1)NCC(=O)c1ccccc1.Cl. The molecule has 106 valence electrons. The van der Waals surface area contributed by atoms with Crippen molar-refractivity contribution in [1.82, 2.24) is 5.32 Å². The molecule has 0 spiro atoms. The van der Waals surface area contributed by atoms with Gasteiger partial charge >= 0.3 is 0 Å². The molecule has 0 aromatic heterocycles. The Bertz CT molecular complexity index is 513. The van der Waals surface area contributed by atoms with Gasteiger partial charge in [-0.3, -0.25) is 4.79 Å². The third-order valence-electron chi connectivity index (χ3n) is 3.09. The number of Topliss-reactive ketones (excluding diaryl/α,β-unsaturated/α-hetero) is 1. The molecular weight excluding hydrogens is 270 g/mol. The van der Waals surface area contributed by atoms with E-state index in [2.05, 4.69) is 24.4 Å². The van der Waals surface area contributed by atoms with Gasteiger partial charge in [-0.2, -0.15) is 0 Å². The Labute approximate surface area is 126 Å². The summed E-state index contributed by atoms with van der Waals surface area (Å²) in [7, 11) is 0. The van der Waals surface area contributed by atoms with Gasteiger partial charge in [0.15, 0.2) is 5.78 Å². The summed E-state index contributed by atoms with van der Waals surface area (Å²) in [5, 5.41) is 3.28. The molecule has 3 heteroatoms. The minimum atomic E-state index is 0. The van der Waals surface area contributed by atoms with Crippen LogP contribution in [-0.4, -0.2) is 18.4 Å². The molecular formula is C17H20ClNO. The van der Waals surface area contributed by atoms with Crippen LogP contribution in [0.4, 0.5) is 0 Å². The molecule has 0 saturated heterocycles. The number of hydrogen-bond donors (Lipinski definition) is 1. The topological polar surface area (TPSA) is 29.1 Å². The summed E-state index contributed by atoms with van der Waals surface area (Å²) in [4.78, 5) is 11.9. The van der Waals surface area contributed by atoms with Crippen LogP contribution in [-0.2, 0) is 6.42 Å². The summed E-state index contributed by atoms with van der Waals surface area (Å²) >= 11 is 0. The number of halogens is 1. The fourth-order valence-corrected chi connectivity index (χ4v) is 2.03. The second-order valence-corrected chi connectivity index (χ2v) is 4.76. The molecule has 0 aliphatic heterocycles. The van der Waals surface area contributed by atoms with Crippen LogP contribution >= 0.6 is 12.4 Å². The van der Waals surface area contributed by atoms with Gasteiger partial charge in [0, 0.05) is 11.6 Å². The minimum Gasteiger partial charge on any atom is -0.307 e. The Hall–Kier alpha value is -1.64. The number of nitrogens with one attached hydrogen (secondary N) is 1. The molecule has 0 aliphatic rings. The van der Waals surface area contributed by atoms with E-state index in [0.29, 0.717) is 6.54 Å². The van der Waals surface area contributed by atoms with Crippen LogP contribution in [0.1, 0.15) is 22.8 Å². The Morgan fingerprint density at radius 3 is 2.15 bits per heavy atom. The lowest BCUT2D eigenvalue weighted by Crippen LogP contribution is -2.33. The predicted octanol–water partition coefficient (Wildman–Crippen LogP) is 3.51. The summed E-state index contributed by atoms with van der Waals surface area (Å²) in [5.74, 6) is 0.139. The number of carbonyl (C=O) groups is 1. The number of ketones is 1. The average Bonchev–Trinajstić information content (AvgIpc) is 2.47. The first-order valence-corrected chi connectivity index (χ1v) is 6.61. The zero-order valence-corrected chi connectivity index (χ0v) is 12.4. The van der Waals surface area contributed by atoms with Gasteiger partial charge in [-0.15, -0.1) is 12.4 Å². The first-order chi connectivity index (χ1) is 9.25. The van der Waals surface area contributed by atoms with E-state index < -0.39 is 0 Å². The van der Waals surface area contributed by atoms with Gasteiger partial charge in [-0.25, -0.2) is 0 Å². The number of hydrogen-bond acceptors (Lipinski definition) is 2. The van der Waals surface area contributed by atoms with Crippen molar-refractivity contribution in [3.8, 4) is 0 Å². The predicted molar refractivity (Wildman–Crippen MR) is 85.6 cm³/mol. The van der Waals surface area contributed by atoms with Crippen LogP contribution in [0.2, 0.25) is 0 Å². The lowest BCUT2D eigenvalue weighted by Gasteiger charge is -2.13. The van der Waals surface area contributed by atoms with E-state index in [9.17, 15) is 4.79 Å². The van der Waals surface area contributed by atoms with Crippen LogP contribution in [0, 0.1) is 0 Å². The summed E-state index contributed by atoms with van der Waals surface area (Å²) in [6.45, 7) is 2.49. The quantitative estimate of drug-likeness (QED) is 0.825. The Morgan fingerprint density at radius 2 is 1.55 bits per heavy atom. The van der Waals surface area contributed by atoms with E-state index in [1.807, 2.05) is 48.5 Å². The highest BCUT2D eigenvalue weighted by Crippen LogP contribution is 2.03. The molecule has 2 aromatic rings. The van der Waals surface area contributed by atoms with E-state index in [1.54, 1.807) is 0 Å². The molecule has 2 aromatic carbocycles. The van der Waals surface area contributed by atoms with Gasteiger partial charge in [0.05, 0.1) is 6.54 Å².